The van der Waals surface area contributed by atoms with Crippen molar-refractivity contribution < 1.29 is 9.50 Å². The maximum Gasteiger partial charge on any atom is 0.129 e. The van der Waals surface area contributed by atoms with Gasteiger partial charge in [-0.15, -0.1) is 0 Å². The zero-order valence-corrected chi connectivity index (χ0v) is 12.9. The van der Waals surface area contributed by atoms with E-state index in [0.717, 1.165) is 4.47 Å². The predicted molar refractivity (Wildman–Crippen MR) is 79.1 cm³/mol. The first-order chi connectivity index (χ1) is 8.90. The number of rotatable bonds is 2. The van der Waals surface area contributed by atoms with Crippen LogP contribution in [0.5, 0.6) is 0 Å². The molecule has 0 aliphatic rings. The molecule has 1 nitrogen and oxygen atoms in total. The van der Waals surface area contributed by atoms with Gasteiger partial charge < -0.3 is 5.11 Å². The van der Waals surface area contributed by atoms with Crippen molar-refractivity contribution in [3.8, 4) is 0 Å². The van der Waals surface area contributed by atoms with Crippen LogP contribution in [0.15, 0.2) is 34.8 Å². The quantitative estimate of drug-likeness (QED) is 0.819. The lowest BCUT2D eigenvalue weighted by atomic mass is 9.97. The highest BCUT2D eigenvalue weighted by Crippen LogP contribution is 2.32. The molecule has 19 heavy (non-hydrogen) atoms. The number of hydrogen-bond donors (Lipinski definition) is 1. The molecule has 1 N–H and O–H groups in total. The number of aliphatic hydroxyl groups excluding tert-OH is 1. The lowest BCUT2D eigenvalue weighted by Crippen LogP contribution is -2.03. The van der Waals surface area contributed by atoms with Crippen LogP contribution < -0.4 is 0 Å². The Kier molecular flexibility index (Phi) is 4.29. The van der Waals surface area contributed by atoms with Crippen LogP contribution >= 0.6 is 27.5 Å². The zero-order valence-electron chi connectivity index (χ0n) is 10.5. The molecule has 0 fully saturated rings. The van der Waals surface area contributed by atoms with Gasteiger partial charge in [-0.05, 0) is 48.7 Å². The van der Waals surface area contributed by atoms with Gasteiger partial charge in [0.05, 0.1) is 0 Å². The van der Waals surface area contributed by atoms with E-state index in [-0.39, 0.29) is 5.82 Å². The smallest absolute Gasteiger partial charge is 0.129 e. The van der Waals surface area contributed by atoms with Crippen molar-refractivity contribution in [1.82, 2.24) is 0 Å². The highest BCUT2D eigenvalue weighted by Gasteiger charge is 2.16. The van der Waals surface area contributed by atoms with Gasteiger partial charge in [-0.3, -0.25) is 0 Å². The summed E-state index contributed by atoms with van der Waals surface area (Å²) in [7, 11) is 0. The molecule has 0 saturated heterocycles. The molecule has 0 saturated carbocycles. The van der Waals surface area contributed by atoms with Crippen molar-refractivity contribution in [1.29, 1.82) is 0 Å². The molecule has 1 unspecified atom stereocenters. The first-order valence-electron chi connectivity index (χ1n) is 5.80. The van der Waals surface area contributed by atoms with E-state index in [4.69, 9.17) is 11.6 Å². The van der Waals surface area contributed by atoms with Gasteiger partial charge in [0.2, 0.25) is 0 Å². The molecule has 0 amide bonds. The van der Waals surface area contributed by atoms with Crippen molar-refractivity contribution >= 4 is 27.5 Å². The summed E-state index contributed by atoms with van der Waals surface area (Å²) in [6, 6.07) is 8.57. The molecule has 2 aromatic rings. The van der Waals surface area contributed by atoms with Gasteiger partial charge in [-0.2, -0.15) is 0 Å². The Hall–Kier alpha value is -0.900. The predicted octanol–water partition coefficient (Wildman–Crippen LogP) is 4.94. The van der Waals surface area contributed by atoms with Crippen molar-refractivity contribution in [2.24, 2.45) is 0 Å². The summed E-state index contributed by atoms with van der Waals surface area (Å²) in [6.07, 6.45) is -0.872. The Morgan fingerprint density at radius 1 is 1.16 bits per heavy atom. The summed E-state index contributed by atoms with van der Waals surface area (Å²) in [5.41, 5.74) is 2.26. The van der Waals surface area contributed by atoms with Crippen LogP contribution in [0.1, 0.15) is 28.4 Å². The van der Waals surface area contributed by atoms with Gasteiger partial charge in [0, 0.05) is 15.1 Å². The largest absolute Gasteiger partial charge is 0.384 e. The maximum atomic E-state index is 13.6. The van der Waals surface area contributed by atoms with Gasteiger partial charge in [0.25, 0.3) is 0 Å². The first-order valence-corrected chi connectivity index (χ1v) is 6.97. The van der Waals surface area contributed by atoms with Gasteiger partial charge >= 0.3 is 0 Å². The fourth-order valence-electron chi connectivity index (χ4n) is 2.04. The van der Waals surface area contributed by atoms with Crippen molar-refractivity contribution in [3.05, 3.63) is 67.9 Å². The van der Waals surface area contributed by atoms with Gasteiger partial charge in [0.15, 0.2) is 0 Å². The minimum absolute atomic E-state index is 0.240. The molecular formula is C15H13BrClFO. The van der Waals surface area contributed by atoms with Crippen LogP contribution in [0.2, 0.25) is 5.02 Å². The number of benzene rings is 2. The van der Waals surface area contributed by atoms with E-state index >= 15 is 0 Å². The fraction of sp³-hybridized carbons (Fsp3) is 0.200. The highest BCUT2D eigenvalue weighted by atomic mass is 79.9. The van der Waals surface area contributed by atoms with Crippen LogP contribution in [0.4, 0.5) is 4.39 Å². The van der Waals surface area contributed by atoms with Gasteiger partial charge in [-0.25, -0.2) is 4.39 Å². The zero-order chi connectivity index (χ0) is 14.2. The standard InChI is InChI=1S/C15H13BrClFO/c1-8-5-10(6-9(2)14(8)18)15(19)12-7-11(16)3-4-13(12)17/h3-7,15,19H,1-2H3. The number of hydrogen-bond acceptors (Lipinski definition) is 1. The molecule has 1 atom stereocenters. The van der Waals surface area contributed by atoms with Crippen LogP contribution in [0.25, 0.3) is 0 Å². The minimum Gasteiger partial charge on any atom is -0.384 e. The van der Waals surface area contributed by atoms with E-state index < -0.39 is 6.10 Å². The third kappa shape index (κ3) is 2.99. The molecule has 0 aromatic heterocycles. The Balaban J connectivity index is 2.49. The minimum atomic E-state index is -0.872. The Bertz CT molecular complexity index is 605. The van der Waals surface area contributed by atoms with Gasteiger partial charge in [-0.1, -0.05) is 39.7 Å². The van der Waals surface area contributed by atoms with E-state index in [2.05, 4.69) is 15.9 Å². The summed E-state index contributed by atoms with van der Waals surface area (Å²) in [5.74, 6) is -0.240. The molecule has 0 heterocycles. The van der Waals surface area contributed by atoms with E-state index in [9.17, 15) is 9.50 Å². The van der Waals surface area contributed by atoms with E-state index in [0.29, 0.717) is 27.3 Å². The summed E-state index contributed by atoms with van der Waals surface area (Å²) in [6.45, 7) is 3.36. The second-order valence-electron chi connectivity index (χ2n) is 4.54. The summed E-state index contributed by atoms with van der Waals surface area (Å²) in [4.78, 5) is 0. The normalized spacial score (nSPS) is 12.5. The number of aliphatic hydroxyl groups is 1. The van der Waals surface area contributed by atoms with Crippen molar-refractivity contribution in [3.63, 3.8) is 0 Å². The molecule has 4 heteroatoms. The molecule has 2 aromatic carbocycles. The molecular weight excluding hydrogens is 331 g/mol. The second kappa shape index (κ2) is 5.61. The molecule has 0 bridgehead atoms. The summed E-state index contributed by atoms with van der Waals surface area (Å²) in [5, 5.41) is 10.9. The number of aryl methyl sites for hydroxylation is 2. The molecule has 2 rings (SSSR count). The molecule has 0 spiro atoms. The van der Waals surface area contributed by atoms with Crippen LogP contribution in [-0.2, 0) is 0 Å². The molecule has 0 aliphatic carbocycles. The SMILES string of the molecule is Cc1cc(C(O)c2cc(Br)ccc2Cl)cc(C)c1F. The Morgan fingerprint density at radius 3 is 2.32 bits per heavy atom. The topological polar surface area (TPSA) is 20.2 Å². The third-order valence-corrected chi connectivity index (χ3v) is 3.86. The summed E-state index contributed by atoms with van der Waals surface area (Å²) < 4.78 is 14.4. The number of halogens is 3. The maximum absolute atomic E-state index is 13.6. The summed E-state index contributed by atoms with van der Waals surface area (Å²) >= 11 is 9.44. The second-order valence-corrected chi connectivity index (χ2v) is 5.86. The van der Waals surface area contributed by atoms with Crippen LogP contribution in [0, 0.1) is 19.7 Å². The lowest BCUT2D eigenvalue weighted by molar-refractivity contribution is 0.220. The van der Waals surface area contributed by atoms with Crippen molar-refractivity contribution in [2.45, 2.75) is 20.0 Å². The first kappa shape index (κ1) is 14.5. The Labute approximate surface area is 125 Å². The monoisotopic (exact) mass is 342 g/mol. The van der Waals surface area contributed by atoms with E-state index in [1.807, 2.05) is 0 Å². The average molecular weight is 344 g/mol. The lowest BCUT2D eigenvalue weighted by Gasteiger charge is -2.15. The highest BCUT2D eigenvalue weighted by molar-refractivity contribution is 9.10. The molecule has 100 valence electrons. The van der Waals surface area contributed by atoms with Crippen LogP contribution in [-0.4, -0.2) is 5.11 Å². The average Bonchev–Trinajstić information content (AvgIpc) is 2.37. The van der Waals surface area contributed by atoms with Crippen molar-refractivity contribution in [2.75, 3.05) is 0 Å². The fourth-order valence-corrected chi connectivity index (χ4v) is 2.64. The van der Waals surface area contributed by atoms with Crippen LogP contribution in [0.3, 0.4) is 0 Å². The molecule has 0 aliphatic heterocycles. The Morgan fingerprint density at radius 2 is 1.74 bits per heavy atom. The van der Waals surface area contributed by atoms with E-state index in [1.54, 1.807) is 44.2 Å². The van der Waals surface area contributed by atoms with Gasteiger partial charge in [0.1, 0.15) is 11.9 Å². The molecule has 0 radical (unpaired) electrons. The third-order valence-electron chi connectivity index (χ3n) is 3.03. The van der Waals surface area contributed by atoms with E-state index in [1.165, 1.54) is 0 Å².